The second-order valence-corrected chi connectivity index (χ2v) is 14.0. The van der Waals surface area contributed by atoms with Crippen LogP contribution in [0.5, 0.6) is 0 Å². The molecule has 55 heavy (non-hydrogen) atoms. The molecule has 0 aliphatic carbocycles. The monoisotopic (exact) mass is 699 g/mol. The van der Waals surface area contributed by atoms with Crippen LogP contribution in [0, 0.1) is 22.7 Å². The van der Waals surface area contributed by atoms with Crippen LogP contribution in [0.2, 0.25) is 0 Å². The molecular formula is C50H29N5. The molecular weight excluding hydrogens is 671 g/mol. The molecule has 3 heterocycles. The summed E-state index contributed by atoms with van der Waals surface area (Å²) in [6, 6.07) is 66.0. The van der Waals surface area contributed by atoms with Crippen LogP contribution in [0.1, 0.15) is 11.1 Å². The fraction of sp³-hybridized carbons (Fsp3) is 0. The van der Waals surface area contributed by atoms with Crippen molar-refractivity contribution < 1.29 is 0 Å². The average molecular weight is 700 g/mol. The number of hydrogen-bond acceptors (Lipinski definition) is 2. The van der Waals surface area contributed by atoms with Crippen LogP contribution in [0.15, 0.2) is 176 Å². The molecule has 0 bridgehead atoms. The van der Waals surface area contributed by atoms with Crippen LogP contribution >= 0.6 is 0 Å². The van der Waals surface area contributed by atoms with E-state index in [-0.39, 0.29) is 0 Å². The quantitative estimate of drug-likeness (QED) is 0.184. The summed E-state index contributed by atoms with van der Waals surface area (Å²) in [4.78, 5) is 0. The molecule has 0 atom stereocenters. The van der Waals surface area contributed by atoms with Crippen LogP contribution in [0.25, 0.3) is 93.6 Å². The van der Waals surface area contributed by atoms with Gasteiger partial charge in [0.25, 0.3) is 0 Å². The molecule has 0 saturated carbocycles. The van der Waals surface area contributed by atoms with Gasteiger partial charge in [-0.25, -0.2) is 0 Å². The lowest BCUT2D eigenvalue weighted by Gasteiger charge is -2.16. The van der Waals surface area contributed by atoms with E-state index in [2.05, 4.69) is 165 Å². The molecule has 0 fully saturated rings. The summed E-state index contributed by atoms with van der Waals surface area (Å²) < 4.78 is 6.87. The van der Waals surface area contributed by atoms with Crippen LogP contribution in [-0.4, -0.2) is 13.7 Å². The van der Waals surface area contributed by atoms with Gasteiger partial charge in [-0.3, -0.25) is 0 Å². The van der Waals surface area contributed by atoms with Crippen molar-refractivity contribution in [2.45, 2.75) is 0 Å². The SMILES string of the molecule is N#Cc1ccc(-n2c3ccccc3c3cc(-n4c5ccccc5c5ccccc54)ccc32)c(-c2ccc(-n3c4ccccc4c4cccc(C#N)c43)cc2)c1. The first-order valence-corrected chi connectivity index (χ1v) is 18.3. The second kappa shape index (κ2) is 11.8. The van der Waals surface area contributed by atoms with Gasteiger partial charge in [-0.2, -0.15) is 10.5 Å². The van der Waals surface area contributed by atoms with Crippen molar-refractivity contribution in [3.05, 3.63) is 187 Å². The average Bonchev–Trinajstić information content (AvgIpc) is 3.89. The number of fused-ring (bicyclic) bond motifs is 9. The molecule has 5 heteroatoms. The molecule has 254 valence electrons. The minimum absolute atomic E-state index is 0.596. The van der Waals surface area contributed by atoms with Crippen molar-refractivity contribution in [3.63, 3.8) is 0 Å². The fourth-order valence-electron chi connectivity index (χ4n) is 8.76. The number of benzene rings is 8. The summed E-state index contributed by atoms with van der Waals surface area (Å²) in [6.07, 6.45) is 0. The van der Waals surface area contributed by atoms with Gasteiger partial charge < -0.3 is 13.7 Å². The normalized spacial score (nSPS) is 11.6. The molecule has 0 radical (unpaired) electrons. The Morgan fingerprint density at radius 3 is 1.53 bits per heavy atom. The number of aromatic nitrogens is 3. The van der Waals surface area contributed by atoms with Crippen molar-refractivity contribution in [3.8, 4) is 40.3 Å². The summed E-state index contributed by atoms with van der Waals surface area (Å²) in [5.74, 6) is 0. The molecule has 0 unspecified atom stereocenters. The summed E-state index contributed by atoms with van der Waals surface area (Å²) in [6.45, 7) is 0. The summed E-state index contributed by atoms with van der Waals surface area (Å²) >= 11 is 0. The maximum Gasteiger partial charge on any atom is 0.101 e. The first-order chi connectivity index (χ1) is 27.2. The molecule has 0 N–H and O–H groups in total. The van der Waals surface area contributed by atoms with E-state index in [9.17, 15) is 10.5 Å². The predicted octanol–water partition coefficient (Wildman–Crippen LogP) is 12.4. The Morgan fingerprint density at radius 2 is 0.891 bits per heavy atom. The van der Waals surface area contributed by atoms with E-state index in [0.717, 1.165) is 71.8 Å². The highest BCUT2D eigenvalue weighted by Crippen LogP contribution is 2.40. The van der Waals surface area contributed by atoms with Crippen molar-refractivity contribution in [2.75, 3.05) is 0 Å². The maximum atomic E-state index is 10.1. The highest BCUT2D eigenvalue weighted by atomic mass is 15.0. The van der Waals surface area contributed by atoms with Crippen LogP contribution in [-0.2, 0) is 0 Å². The van der Waals surface area contributed by atoms with Gasteiger partial charge in [0.1, 0.15) is 6.07 Å². The Kier molecular flexibility index (Phi) is 6.61. The maximum absolute atomic E-state index is 10.1. The number of para-hydroxylation sites is 5. The van der Waals surface area contributed by atoms with Gasteiger partial charge in [-0.1, -0.05) is 97.1 Å². The van der Waals surface area contributed by atoms with Crippen molar-refractivity contribution in [1.29, 1.82) is 10.5 Å². The third-order valence-electron chi connectivity index (χ3n) is 11.1. The molecule has 0 aliphatic rings. The van der Waals surface area contributed by atoms with Crippen molar-refractivity contribution in [1.82, 2.24) is 13.7 Å². The Bertz CT molecular complexity index is 3400. The molecule has 3 aromatic heterocycles. The third-order valence-corrected chi connectivity index (χ3v) is 11.1. The van der Waals surface area contributed by atoms with Gasteiger partial charge in [0.2, 0.25) is 0 Å². The number of rotatable bonds is 4. The van der Waals surface area contributed by atoms with Gasteiger partial charge in [0.05, 0.1) is 56.0 Å². The number of hydrogen-bond donors (Lipinski definition) is 0. The Hall–Kier alpha value is -7.86. The standard InChI is InChI=1S/C50H29N5/c51-30-32-20-26-48(42(28-32)33-21-23-35(24-22-33)54-46-18-7-3-13-39(46)41-15-9-10-34(31-52)50(41)54)55-47-19-8-4-14-40(47)43-29-36(25-27-49(43)55)53-44-16-5-1-11-37(44)38-12-2-6-17-45(38)53/h1-29H. The zero-order valence-corrected chi connectivity index (χ0v) is 29.5. The first kappa shape index (κ1) is 30.7. The van der Waals surface area contributed by atoms with E-state index in [0.29, 0.717) is 11.1 Å². The Morgan fingerprint density at radius 1 is 0.364 bits per heavy atom. The summed E-state index contributed by atoms with van der Waals surface area (Å²) in [7, 11) is 0. The van der Waals surface area contributed by atoms with E-state index in [1.54, 1.807) is 0 Å². The van der Waals surface area contributed by atoms with Gasteiger partial charge in [-0.15, -0.1) is 0 Å². The third kappa shape index (κ3) is 4.45. The Labute approximate surface area is 316 Å². The molecule has 0 saturated heterocycles. The molecule has 5 nitrogen and oxygen atoms in total. The van der Waals surface area contributed by atoms with Crippen LogP contribution in [0.3, 0.4) is 0 Å². The van der Waals surface area contributed by atoms with Gasteiger partial charge in [0, 0.05) is 49.3 Å². The van der Waals surface area contributed by atoms with Crippen molar-refractivity contribution >= 4 is 65.4 Å². The second-order valence-electron chi connectivity index (χ2n) is 14.0. The lowest BCUT2D eigenvalue weighted by Crippen LogP contribution is -1.99. The van der Waals surface area contributed by atoms with E-state index in [1.165, 1.54) is 21.8 Å². The molecule has 0 spiro atoms. The Balaban J connectivity index is 1.11. The topological polar surface area (TPSA) is 62.4 Å². The van der Waals surface area contributed by atoms with Gasteiger partial charge in [-0.05, 0) is 84.4 Å². The van der Waals surface area contributed by atoms with Gasteiger partial charge >= 0.3 is 0 Å². The minimum atomic E-state index is 0.596. The number of nitriles is 2. The first-order valence-electron chi connectivity index (χ1n) is 18.3. The summed E-state index contributed by atoms with van der Waals surface area (Å²) in [5.41, 5.74) is 12.7. The largest absolute Gasteiger partial charge is 0.309 e. The minimum Gasteiger partial charge on any atom is -0.309 e. The van der Waals surface area contributed by atoms with E-state index in [4.69, 9.17) is 0 Å². The van der Waals surface area contributed by atoms with E-state index in [1.807, 2.05) is 36.4 Å². The van der Waals surface area contributed by atoms with Crippen LogP contribution < -0.4 is 0 Å². The zero-order chi connectivity index (χ0) is 36.6. The summed E-state index contributed by atoms with van der Waals surface area (Å²) in [5, 5.41) is 27.1. The molecule has 0 amide bonds. The van der Waals surface area contributed by atoms with E-state index >= 15 is 0 Å². The zero-order valence-electron chi connectivity index (χ0n) is 29.5. The lowest BCUT2D eigenvalue weighted by atomic mass is 10.00. The molecule has 11 rings (SSSR count). The number of nitrogens with zero attached hydrogens (tertiary/aromatic N) is 5. The van der Waals surface area contributed by atoms with Crippen molar-refractivity contribution in [2.24, 2.45) is 0 Å². The fourth-order valence-corrected chi connectivity index (χ4v) is 8.76. The molecule has 8 aromatic carbocycles. The van der Waals surface area contributed by atoms with E-state index < -0.39 is 0 Å². The predicted molar refractivity (Wildman–Crippen MR) is 224 cm³/mol. The molecule has 11 aromatic rings. The lowest BCUT2D eigenvalue weighted by molar-refractivity contribution is 1.16. The smallest absolute Gasteiger partial charge is 0.101 e. The van der Waals surface area contributed by atoms with Crippen LogP contribution in [0.4, 0.5) is 0 Å². The highest BCUT2D eigenvalue weighted by molar-refractivity contribution is 6.13. The van der Waals surface area contributed by atoms with Gasteiger partial charge in [0.15, 0.2) is 0 Å². The molecule has 0 aliphatic heterocycles. The highest BCUT2D eigenvalue weighted by Gasteiger charge is 2.20.